The molecule has 3 saturated carbocycles. The van der Waals surface area contributed by atoms with E-state index in [-0.39, 0.29) is 23.8 Å². The van der Waals surface area contributed by atoms with Gasteiger partial charge in [0.15, 0.2) is 0 Å². The molecule has 0 spiro atoms. The van der Waals surface area contributed by atoms with Crippen LogP contribution in [0.3, 0.4) is 0 Å². The number of ether oxygens (including phenoxy) is 2. The van der Waals surface area contributed by atoms with Crippen LogP contribution in [-0.4, -0.2) is 66.2 Å². The van der Waals surface area contributed by atoms with Crippen molar-refractivity contribution in [1.82, 2.24) is 15.5 Å². The standard InChI is InChI=1S/C25H37N3O6/c1-6-16-13-25(16,22(31)33-5)27-20(29)18-8-7-9-28(18)21(30)19(24(2,3)4)26-23(32)34-17-11-14-10-15(14)12-17/h6,14-19H,1,7-13H2,2-5H3,(H,26,32)(H,27,29)/t14-,15?,16-,17?,18+,19-,25?/m1/s1. The maximum atomic E-state index is 13.6. The molecule has 4 fully saturated rings. The van der Waals surface area contributed by atoms with Gasteiger partial charge in [0.2, 0.25) is 11.8 Å². The fraction of sp³-hybridized carbons (Fsp3) is 0.760. The minimum absolute atomic E-state index is 0.0874. The molecule has 9 nitrogen and oxygen atoms in total. The molecule has 9 heteroatoms. The number of carbonyl (C=O) groups is 4. The van der Waals surface area contributed by atoms with Crippen LogP contribution in [0.25, 0.3) is 0 Å². The quantitative estimate of drug-likeness (QED) is 0.431. The minimum Gasteiger partial charge on any atom is -0.467 e. The Bertz CT molecular complexity index is 872. The maximum absolute atomic E-state index is 13.6. The van der Waals surface area contributed by atoms with E-state index < -0.39 is 35.1 Å². The summed E-state index contributed by atoms with van der Waals surface area (Å²) in [5.41, 5.74) is -1.70. The van der Waals surface area contributed by atoms with Crippen molar-refractivity contribution in [2.45, 2.75) is 83.0 Å². The van der Waals surface area contributed by atoms with Crippen molar-refractivity contribution in [1.29, 1.82) is 0 Å². The highest BCUT2D eigenvalue weighted by Gasteiger charge is 2.61. The van der Waals surface area contributed by atoms with Gasteiger partial charge >= 0.3 is 12.1 Å². The SMILES string of the molecule is C=C[C@@H]1CC1(NC(=O)[C@@H]1CCCN1C(=O)[C@@H](NC(=O)OC1CC2C[C@@H]2C1)C(C)(C)C)C(=O)OC. The lowest BCUT2D eigenvalue weighted by molar-refractivity contribution is -0.148. The number of carbonyl (C=O) groups excluding carboxylic acids is 4. The molecule has 1 aliphatic heterocycles. The Morgan fingerprint density at radius 1 is 1.15 bits per heavy atom. The van der Waals surface area contributed by atoms with Gasteiger partial charge in [-0.3, -0.25) is 9.59 Å². The number of fused-ring (bicyclic) bond motifs is 1. The molecule has 1 heterocycles. The van der Waals surface area contributed by atoms with Crippen molar-refractivity contribution in [2.24, 2.45) is 23.2 Å². The van der Waals surface area contributed by atoms with Crippen molar-refractivity contribution < 1.29 is 28.7 Å². The molecule has 7 atom stereocenters. The number of alkyl carbamates (subject to hydrolysis) is 1. The zero-order valence-electron chi connectivity index (χ0n) is 20.6. The highest BCUT2D eigenvalue weighted by Crippen LogP contribution is 2.52. The molecule has 188 valence electrons. The van der Waals surface area contributed by atoms with Crippen LogP contribution in [0.15, 0.2) is 12.7 Å². The Morgan fingerprint density at radius 3 is 2.38 bits per heavy atom. The largest absolute Gasteiger partial charge is 0.467 e. The first kappa shape index (κ1) is 24.5. The van der Waals surface area contributed by atoms with Crippen molar-refractivity contribution in [2.75, 3.05) is 13.7 Å². The second kappa shape index (κ2) is 8.89. The topological polar surface area (TPSA) is 114 Å². The lowest BCUT2D eigenvalue weighted by atomic mass is 9.85. The number of hydrogen-bond donors (Lipinski definition) is 2. The lowest BCUT2D eigenvalue weighted by Crippen LogP contribution is -2.59. The van der Waals surface area contributed by atoms with Gasteiger partial charge in [-0.15, -0.1) is 6.58 Å². The third-order valence-electron chi connectivity index (χ3n) is 7.88. The molecule has 0 aromatic heterocycles. The van der Waals surface area contributed by atoms with Gasteiger partial charge < -0.3 is 25.0 Å². The number of esters is 1. The molecule has 3 aliphatic carbocycles. The number of amides is 3. The van der Waals surface area contributed by atoms with Gasteiger partial charge in [0.25, 0.3) is 0 Å². The number of hydrogen-bond acceptors (Lipinski definition) is 6. The molecule has 4 aliphatic rings. The second-order valence-electron chi connectivity index (χ2n) is 11.4. The van der Waals surface area contributed by atoms with E-state index in [1.165, 1.54) is 18.4 Å². The number of likely N-dealkylation sites (tertiary alicyclic amines) is 1. The normalized spacial score (nSPS) is 34.5. The van der Waals surface area contributed by atoms with E-state index in [4.69, 9.17) is 9.47 Å². The first-order valence-corrected chi connectivity index (χ1v) is 12.3. The fourth-order valence-electron chi connectivity index (χ4n) is 5.66. The third-order valence-corrected chi connectivity index (χ3v) is 7.88. The first-order chi connectivity index (χ1) is 16.0. The summed E-state index contributed by atoms with van der Waals surface area (Å²) in [4.78, 5) is 53.3. The van der Waals surface area contributed by atoms with Crippen LogP contribution in [0.2, 0.25) is 0 Å². The van der Waals surface area contributed by atoms with E-state index in [9.17, 15) is 19.2 Å². The van der Waals surface area contributed by atoms with Gasteiger partial charge in [0, 0.05) is 12.5 Å². The minimum atomic E-state index is -1.11. The second-order valence-corrected chi connectivity index (χ2v) is 11.4. The van der Waals surface area contributed by atoms with Crippen LogP contribution < -0.4 is 10.6 Å². The van der Waals surface area contributed by atoms with Gasteiger partial charge in [-0.1, -0.05) is 26.8 Å². The highest BCUT2D eigenvalue weighted by atomic mass is 16.6. The molecular formula is C25H37N3O6. The van der Waals surface area contributed by atoms with Gasteiger partial charge in [-0.25, -0.2) is 9.59 Å². The Labute approximate surface area is 201 Å². The average molecular weight is 476 g/mol. The summed E-state index contributed by atoms with van der Waals surface area (Å²) in [6.45, 7) is 9.75. The van der Waals surface area contributed by atoms with Crippen LogP contribution in [0.1, 0.15) is 59.3 Å². The van der Waals surface area contributed by atoms with E-state index in [1.54, 1.807) is 6.08 Å². The summed E-state index contributed by atoms with van der Waals surface area (Å²) in [6, 6.07) is -1.56. The van der Waals surface area contributed by atoms with E-state index in [2.05, 4.69) is 17.2 Å². The van der Waals surface area contributed by atoms with E-state index in [0.29, 0.717) is 37.6 Å². The predicted molar refractivity (Wildman–Crippen MR) is 123 cm³/mol. The molecule has 0 aromatic rings. The molecule has 34 heavy (non-hydrogen) atoms. The Morgan fingerprint density at radius 2 is 1.82 bits per heavy atom. The van der Waals surface area contributed by atoms with Crippen molar-refractivity contribution in [3.8, 4) is 0 Å². The summed E-state index contributed by atoms with van der Waals surface area (Å²) in [6.07, 6.45) is 5.55. The van der Waals surface area contributed by atoms with Gasteiger partial charge in [-0.05, 0) is 55.8 Å². The average Bonchev–Trinajstić information content (AvgIpc) is 3.55. The highest BCUT2D eigenvalue weighted by molar-refractivity contribution is 5.96. The smallest absolute Gasteiger partial charge is 0.408 e. The predicted octanol–water partition coefficient (Wildman–Crippen LogP) is 2.15. The molecule has 0 aromatic carbocycles. The zero-order chi connectivity index (χ0) is 24.8. The molecule has 3 amide bonds. The summed E-state index contributed by atoms with van der Waals surface area (Å²) < 4.78 is 10.5. The van der Waals surface area contributed by atoms with Gasteiger partial charge in [0.05, 0.1) is 7.11 Å². The first-order valence-electron chi connectivity index (χ1n) is 12.3. The lowest BCUT2D eigenvalue weighted by Gasteiger charge is -2.35. The number of rotatable bonds is 7. The summed E-state index contributed by atoms with van der Waals surface area (Å²) >= 11 is 0. The summed E-state index contributed by atoms with van der Waals surface area (Å²) in [5, 5.41) is 5.61. The number of nitrogens with zero attached hydrogens (tertiary/aromatic N) is 1. The van der Waals surface area contributed by atoms with Crippen molar-refractivity contribution in [3.63, 3.8) is 0 Å². The van der Waals surface area contributed by atoms with E-state index in [1.807, 2.05) is 20.8 Å². The fourth-order valence-corrected chi connectivity index (χ4v) is 5.66. The van der Waals surface area contributed by atoms with Crippen LogP contribution in [-0.2, 0) is 23.9 Å². The van der Waals surface area contributed by atoms with Crippen LogP contribution in [0.5, 0.6) is 0 Å². The maximum Gasteiger partial charge on any atom is 0.408 e. The van der Waals surface area contributed by atoms with E-state index >= 15 is 0 Å². The third kappa shape index (κ3) is 4.66. The van der Waals surface area contributed by atoms with Gasteiger partial charge in [-0.2, -0.15) is 0 Å². The Balaban J connectivity index is 1.42. The van der Waals surface area contributed by atoms with Gasteiger partial charge in [0.1, 0.15) is 23.7 Å². The zero-order valence-corrected chi connectivity index (χ0v) is 20.6. The molecule has 0 bridgehead atoms. The Kier molecular flexibility index (Phi) is 6.42. The molecule has 4 rings (SSSR count). The molecule has 2 N–H and O–H groups in total. The molecule has 0 radical (unpaired) electrons. The van der Waals surface area contributed by atoms with Crippen LogP contribution >= 0.6 is 0 Å². The van der Waals surface area contributed by atoms with E-state index in [0.717, 1.165) is 12.8 Å². The molecule has 1 saturated heterocycles. The number of nitrogens with one attached hydrogen (secondary N) is 2. The van der Waals surface area contributed by atoms with Crippen molar-refractivity contribution >= 4 is 23.9 Å². The summed E-state index contributed by atoms with van der Waals surface area (Å²) in [7, 11) is 1.29. The molecular weight excluding hydrogens is 438 g/mol. The number of methoxy groups -OCH3 is 1. The Hall–Kier alpha value is -2.58. The van der Waals surface area contributed by atoms with Crippen molar-refractivity contribution in [3.05, 3.63) is 12.7 Å². The van der Waals surface area contributed by atoms with Crippen LogP contribution in [0.4, 0.5) is 4.79 Å². The molecule has 3 unspecified atom stereocenters. The monoisotopic (exact) mass is 475 g/mol. The summed E-state index contributed by atoms with van der Waals surface area (Å²) in [5.74, 6) is -0.0529. The van der Waals surface area contributed by atoms with Crippen LogP contribution in [0, 0.1) is 23.2 Å².